The molecular weight excluding hydrogens is 895 g/mol. The van der Waals surface area contributed by atoms with E-state index in [2.05, 4.69) is 34.4 Å². The van der Waals surface area contributed by atoms with Crippen LogP contribution in [0.2, 0.25) is 0 Å². The Morgan fingerprint density at radius 1 is 0.951 bits per heavy atom. The molecule has 8 unspecified atom stereocenters. The van der Waals surface area contributed by atoms with Crippen molar-refractivity contribution < 1.29 is 85.6 Å². The Hall–Kier alpha value is -2.48. The molecule has 1 fully saturated rings. The molecule has 0 bridgehead atoms. The van der Waals surface area contributed by atoms with Gasteiger partial charge < -0.3 is 56.0 Å². The molecule has 0 saturated carbocycles. The predicted molar refractivity (Wildman–Crippen MR) is 216 cm³/mol. The van der Waals surface area contributed by atoms with Gasteiger partial charge in [0.15, 0.2) is 22.8 Å². The molecule has 25 nitrogen and oxygen atoms in total. The molecule has 0 spiro atoms. The number of ether oxygens (including phenoxy) is 1. The number of rotatable bonds is 28. The van der Waals surface area contributed by atoms with E-state index >= 15 is 0 Å². The monoisotopic (exact) mass is 951 g/mol. The first-order valence-corrected chi connectivity index (χ1v) is 24.6. The molecule has 348 valence electrons. The number of aliphatic hydroxyl groups is 3. The molecule has 2 amide bonds. The fourth-order valence-corrected chi connectivity index (χ4v) is 9.33. The first-order chi connectivity index (χ1) is 28.4. The molecule has 2 aromatic heterocycles. The Balaban J connectivity index is 1.39. The summed E-state index contributed by atoms with van der Waals surface area (Å²) in [6, 6.07) is 0. The Labute approximate surface area is 355 Å². The molecule has 61 heavy (non-hydrogen) atoms. The number of hydrogen-bond donors (Lipinski definition) is 10. The van der Waals surface area contributed by atoms with Crippen LogP contribution >= 0.6 is 35.2 Å². The molecule has 1 saturated heterocycles. The average Bonchev–Trinajstić information content (AvgIpc) is 3.72. The highest BCUT2D eigenvalue weighted by Gasteiger charge is 2.50. The minimum absolute atomic E-state index is 0.0280. The fourth-order valence-electron chi connectivity index (χ4n) is 5.78. The second-order valence-electron chi connectivity index (χ2n) is 14.8. The summed E-state index contributed by atoms with van der Waals surface area (Å²) in [6.45, 7) is 2.28. The Kier molecular flexibility index (Phi) is 20.8. The molecule has 0 aliphatic carbocycles. The maximum Gasteiger partial charge on any atom is 0.481 e. The van der Waals surface area contributed by atoms with Gasteiger partial charge in [-0.1, -0.05) is 57.7 Å². The maximum absolute atomic E-state index is 12.7. The topological polar surface area (TPSA) is 384 Å². The first-order valence-electron chi connectivity index (χ1n) is 19.1. The number of unbranched alkanes of at least 4 members (excludes halogenated alkanes) is 5. The van der Waals surface area contributed by atoms with Gasteiger partial charge in [0.25, 0.3) is 0 Å². The van der Waals surface area contributed by atoms with Crippen LogP contribution in [0.15, 0.2) is 12.7 Å². The zero-order valence-corrected chi connectivity index (χ0v) is 37.3. The van der Waals surface area contributed by atoms with E-state index in [1.165, 1.54) is 13.8 Å². The first kappa shape index (κ1) is 52.9. The molecule has 1 aliphatic rings. The second-order valence-corrected chi connectivity index (χ2v) is 20.2. The number of amides is 2. The minimum Gasteiger partial charge on any atom is -0.393 e. The van der Waals surface area contributed by atoms with Gasteiger partial charge in [0.1, 0.15) is 36.3 Å². The van der Waals surface area contributed by atoms with Crippen LogP contribution in [0.3, 0.4) is 0 Å². The molecule has 1 aliphatic heterocycles. The van der Waals surface area contributed by atoms with E-state index < -0.39 is 84.6 Å². The fraction of sp³-hybridized carbons (Fsp3) is 0.750. The number of imidazole rings is 1. The van der Waals surface area contributed by atoms with E-state index in [9.17, 15) is 63.0 Å². The highest BCUT2D eigenvalue weighted by Crippen LogP contribution is 2.61. The molecular formula is C32H56N7O18P3S. The lowest BCUT2D eigenvalue weighted by molar-refractivity contribution is -0.137. The van der Waals surface area contributed by atoms with E-state index in [1.54, 1.807) is 6.92 Å². The van der Waals surface area contributed by atoms with Crippen LogP contribution in [0.5, 0.6) is 0 Å². The van der Waals surface area contributed by atoms with E-state index in [1.807, 2.05) is 0 Å². The van der Waals surface area contributed by atoms with Crippen molar-refractivity contribution in [2.45, 2.75) is 115 Å². The van der Waals surface area contributed by atoms with Crippen LogP contribution in [-0.2, 0) is 50.7 Å². The molecule has 3 heterocycles. The van der Waals surface area contributed by atoms with Crippen molar-refractivity contribution in [3.8, 4) is 0 Å². The number of phosphoric acid groups is 3. The average molecular weight is 952 g/mol. The van der Waals surface area contributed by atoms with Crippen LogP contribution in [0.25, 0.3) is 11.2 Å². The number of carbonyl (C=O) groups is 3. The summed E-state index contributed by atoms with van der Waals surface area (Å²) in [7, 11) is -16.4. The lowest BCUT2D eigenvalue weighted by Gasteiger charge is -2.30. The van der Waals surface area contributed by atoms with E-state index in [4.69, 9.17) is 19.5 Å². The van der Waals surface area contributed by atoms with Crippen LogP contribution in [0.1, 0.15) is 84.8 Å². The number of anilines is 1. The quantitative estimate of drug-likeness (QED) is 0.0422. The summed E-state index contributed by atoms with van der Waals surface area (Å²) in [5.74, 6) is -1.08. The lowest BCUT2D eigenvalue weighted by atomic mass is 9.87. The van der Waals surface area contributed by atoms with Crippen molar-refractivity contribution in [1.29, 1.82) is 0 Å². The maximum atomic E-state index is 12.7. The highest BCUT2D eigenvalue weighted by atomic mass is 32.2. The Morgan fingerprint density at radius 2 is 1.61 bits per heavy atom. The van der Waals surface area contributed by atoms with Gasteiger partial charge in [0, 0.05) is 37.1 Å². The predicted octanol–water partition coefficient (Wildman–Crippen LogP) is 1.17. The van der Waals surface area contributed by atoms with Gasteiger partial charge in [-0.2, -0.15) is 4.31 Å². The Morgan fingerprint density at radius 3 is 2.28 bits per heavy atom. The summed E-state index contributed by atoms with van der Waals surface area (Å²) in [4.78, 5) is 87.9. The number of fused-ring (bicyclic) bond motifs is 1. The number of carbonyl (C=O) groups excluding carboxylic acids is 3. The number of nitrogens with zero attached hydrogens (tertiary/aromatic N) is 4. The smallest absolute Gasteiger partial charge is 0.393 e. The summed E-state index contributed by atoms with van der Waals surface area (Å²) >= 11 is 1.12. The van der Waals surface area contributed by atoms with Gasteiger partial charge in [-0.25, -0.2) is 28.6 Å². The summed E-state index contributed by atoms with van der Waals surface area (Å²) < 4.78 is 62.2. The largest absolute Gasteiger partial charge is 0.481 e. The van der Waals surface area contributed by atoms with Crippen molar-refractivity contribution in [2.75, 3.05) is 37.8 Å². The zero-order chi connectivity index (χ0) is 45.6. The normalized spacial score (nSPS) is 21.4. The SMILES string of the molecule is CC(O)CCCCCCCCC(=O)SCCNC(=O)CCNC(=O)C(O)C(C)(C)COP(=O)(O)OP(=O)(O)OCC1OC(n2cnc3c(N)ncnc32)C(O)C1OP(=O)(O)O. The van der Waals surface area contributed by atoms with E-state index in [-0.39, 0.29) is 47.7 Å². The molecule has 0 radical (unpaired) electrons. The molecule has 3 rings (SSSR count). The number of nitrogens with two attached hydrogens (primary N) is 1. The third-order valence-corrected chi connectivity index (χ3v) is 13.1. The van der Waals surface area contributed by atoms with Crippen LogP contribution < -0.4 is 16.4 Å². The highest BCUT2D eigenvalue weighted by molar-refractivity contribution is 8.13. The molecule has 29 heteroatoms. The van der Waals surface area contributed by atoms with Gasteiger partial charge in [-0.3, -0.25) is 32.5 Å². The van der Waals surface area contributed by atoms with Crippen LogP contribution in [0.4, 0.5) is 5.82 Å². The molecule has 2 aromatic rings. The van der Waals surface area contributed by atoms with Crippen molar-refractivity contribution in [2.24, 2.45) is 5.41 Å². The third kappa shape index (κ3) is 18.3. The number of aliphatic hydroxyl groups excluding tert-OH is 3. The minimum atomic E-state index is -5.58. The zero-order valence-electron chi connectivity index (χ0n) is 33.8. The van der Waals surface area contributed by atoms with Crippen molar-refractivity contribution in [3.63, 3.8) is 0 Å². The number of hydrogen-bond acceptors (Lipinski definition) is 19. The van der Waals surface area contributed by atoms with Crippen LogP contribution in [-0.4, -0.2) is 134 Å². The lowest BCUT2D eigenvalue weighted by Crippen LogP contribution is -2.46. The molecule has 0 aromatic carbocycles. The second kappa shape index (κ2) is 24.0. The van der Waals surface area contributed by atoms with Crippen molar-refractivity contribution >= 4 is 69.1 Å². The number of nitrogens with one attached hydrogen (secondary N) is 2. The summed E-state index contributed by atoms with van der Waals surface area (Å²) in [5, 5.41) is 35.8. The van der Waals surface area contributed by atoms with Crippen LogP contribution in [0, 0.1) is 5.41 Å². The van der Waals surface area contributed by atoms with Gasteiger partial charge in [-0.15, -0.1) is 0 Å². The van der Waals surface area contributed by atoms with Gasteiger partial charge in [0.05, 0.1) is 25.6 Å². The number of aromatic nitrogens is 4. The number of thioether (sulfide) groups is 1. The summed E-state index contributed by atoms with van der Waals surface area (Å²) in [6.07, 6.45) is -0.117. The van der Waals surface area contributed by atoms with E-state index in [0.717, 1.165) is 73.9 Å². The standard InChI is InChI=1S/C32H56N7O18P3S/c1-20(40)10-8-6-4-5-7-9-11-23(42)61-15-14-34-22(41)12-13-35-30(45)27(44)32(2,3)17-54-60(51,52)57-59(49,50)53-16-21-26(56-58(46,47)48)25(43)31(55-21)39-19-38-24-28(33)36-18-37-29(24)39/h18-21,25-27,31,40,43-44H,4-17H2,1-3H3,(H,34,41)(H,35,45)(H,49,50)(H,51,52)(H2,33,36,37)(H2,46,47,48). The van der Waals surface area contributed by atoms with E-state index in [0.29, 0.717) is 12.2 Å². The van der Waals surface area contributed by atoms with Gasteiger partial charge >= 0.3 is 23.5 Å². The third-order valence-electron chi connectivity index (χ3n) is 9.02. The molecule has 8 atom stereocenters. The van der Waals surface area contributed by atoms with Crippen molar-refractivity contribution in [3.05, 3.63) is 12.7 Å². The Bertz CT molecular complexity index is 1900. The summed E-state index contributed by atoms with van der Waals surface area (Å²) in [5.41, 5.74) is 4.26. The molecule has 11 N–H and O–H groups in total. The number of phosphoric ester groups is 3. The number of nitrogen functional groups attached to an aromatic ring is 1. The van der Waals surface area contributed by atoms with Crippen molar-refractivity contribution in [1.82, 2.24) is 30.2 Å². The van der Waals surface area contributed by atoms with Gasteiger partial charge in [-0.05, 0) is 19.8 Å². The van der Waals surface area contributed by atoms with Gasteiger partial charge in [0.2, 0.25) is 11.8 Å².